The fourth-order valence-electron chi connectivity index (χ4n) is 3.11. The largest absolute Gasteiger partial charge is 0.497 e. The van der Waals surface area contributed by atoms with Gasteiger partial charge in [-0.2, -0.15) is 0 Å². The summed E-state index contributed by atoms with van der Waals surface area (Å²) < 4.78 is 5.13. The van der Waals surface area contributed by atoms with Crippen LogP contribution in [0.4, 0.5) is 5.69 Å². The number of ether oxygens (including phenoxy) is 1. The molecule has 0 spiro atoms. The number of carbonyl (C=O) groups is 1. The fraction of sp³-hybridized carbons (Fsp3) is 0.533. The minimum atomic E-state index is -0.594. The van der Waals surface area contributed by atoms with E-state index in [4.69, 9.17) is 10.5 Å². The number of nitrogens with two attached hydrogens (primary N) is 1. The maximum absolute atomic E-state index is 12.0. The van der Waals surface area contributed by atoms with Crippen molar-refractivity contribution in [1.82, 2.24) is 0 Å². The highest BCUT2D eigenvalue weighted by Crippen LogP contribution is 2.40. The van der Waals surface area contributed by atoms with Crippen molar-refractivity contribution in [2.24, 2.45) is 11.7 Å². The van der Waals surface area contributed by atoms with Gasteiger partial charge in [0.1, 0.15) is 11.3 Å². The van der Waals surface area contributed by atoms with E-state index in [1.54, 1.807) is 7.11 Å². The molecule has 1 aromatic rings. The van der Waals surface area contributed by atoms with Gasteiger partial charge in [0.15, 0.2) is 0 Å². The molecule has 0 bridgehead atoms. The molecule has 0 heterocycles. The predicted octanol–water partition coefficient (Wildman–Crippen LogP) is 2.54. The van der Waals surface area contributed by atoms with Crippen LogP contribution >= 0.6 is 0 Å². The van der Waals surface area contributed by atoms with Gasteiger partial charge in [0.2, 0.25) is 5.91 Å². The van der Waals surface area contributed by atoms with Crippen LogP contribution in [0.5, 0.6) is 5.75 Å². The van der Waals surface area contributed by atoms with E-state index >= 15 is 0 Å². The number of benzene rings is 1. The second-order valence-corrected chi connectivity index (χ2v) is 5.19. The van der Waals surface area contributed by atoms with E-state index in [0.717, 1.165) is 37.1 Å². The Kier molecular flexibility index (Phi) is 3.98. The topological polar surface area (TPSA) is 64.3 Å². The Labute approximate surface area is 114 Å². The van der Waals surface area contributed by atoms with Crippen LogP contribution < -0.4 is 15.8 Å². The van der Waals surface area contributed by atoms with Gasteiger partial charge in [0.05, 0.1) is 7.11 Å². The summed E-state index contributed by atoms with van der Waals surface area (Å²) in [6.45, 7) is 2.11. The first-order valence-corrected chi connectivity index (χ1v) is 6.84. The van der Waals surface area contributed by atoms with Gasteiger partial charge in [-0.05, 0) is 43.0 Å². The molecule has 2 unspecified atom stereocenters. The summed E-state index contributed by atoms with van der Waals surface area (Å²) >= 11 is 0. The minimum absolute atomic E-state index is 0.243. The molecule has 1 aliphatic carbocycles. The first-order valence-electron chi connectivity index (χ1n) is 6.84. The number of hydrogen-bond acceptors (Lipinski definition) is 3. The molecule has 104 valence electrons. The van der Waals surface area contributed by atoms with Crippen molar-refractivity contribution in [3.05, 3.63) is 24.3 Å². The number of rotatable bonds is 5. The minimum Gasteiger partial charge on any atom is -0.497 e. The number of anilines is 1. The zero-order valence-corrected chi connectivity index (χ0v) is 11.6. The second kappa shape index (κ2) is 5.51. The van der Waals surface area contributed by atoms with Crippen molar-refractivity contribution < 1.29 is 9.53 Å². The molecule has 0 radical (unpaired) electrons. The Bertz CT molecular complexity index is 444. The summed E-state index contributed by atoms with van der Waals surface area (Å²) in [4.78, 5) is 12.0. The number of carbonyl (C=O) groups excluding carboxylic acids is 1. The van der Waals surface area contributed by atoms with Gasteiger partial charge >= 0.3 is 0 Å². The van der Waals surface area contributed by atoms with E-state index in [-0.39, 0.29) is 5.91 Å². The van der Waals surface area contributed by atoms with E-state index in [0.29, 0.717) is 5.92 Å². The molecule has 1 aliphatic rings. The van der Waals surface area contributed by atoms with Crippen molar-refractivity contribution in [3.8, 4) is 5.75 Å². The first kappa shape index (κ1) is 13.7. The SMILES string of the molecule is CCC1CCCC1(Nc1ccc(OC)cc1)C(N)=O. The molecule has 2 rings (SSSR count). The van der Waals surface area contributed by atoms with Gasteiger partial charge in [-0.15, -0.1) is 0 Å². The van der Waals surface area contributed by atoms with Crippen LogP contribution in [0.25, 0.3) is 0 Å². The summed E-state index contributed by atoms with van der Waals surface area (Å²) in [7, 11) is 1.64. The molecular weight excluding hydrogens is 240 g/mol. The molecule has 3 N–H and O–H groups in total. The van der Waals surface area contributed by atoms with E-state index in [1.165, 1.54) is 0 Å². The third-order valence-electron chi connectivity index (χ3n) is 4.21. The average Bonchev–Trinajstić information content (AvgIpc) is 2.83. The highest BCUT2D eigenvalue weighted by atomic mass is 16.5. The Morgan fingerprint density at radius 2 is 2.16 bits per heavy atom. The van der Waals surface area contributed by atoms with Crippen LogP contribution in [0.3, 0.4) is 0 Å². The molecule has 0 saturated heterocycles. The van der Waals surface area contributed by atoms with Crippen LogP contribution in [0, 0.1) is 5.92 Å². The lowest BCUT2D eigenvalue weighted by Gasteiger charge is -2.34. The first-order chi connectivity index (χ1) is 9.12. The standard InChI is InChI=1S/C15H22N2O2/c1-3-11-5-4-10-15(11,14(16)18)17-12-6-8-13(19-2)9-7-12/h6-9,11,17H,3-5,10H2,1-2H3,(H2,16,18). The van der Waals surface area contributed by atoms with Crippen molar-refractivity contribution in [1.29, 1.82) is 0 Å². The molecule has 1 aromatic carbocycles. The van der Waals surface area contributed by atoms with Crippen LogP contribution in [-0.4, -0.2) is 18.6 Å². The van der Waals surface area contributed by atoms with Gasteiger partial charge in [-0.3, -0.25) is 4.79 Å². The van der Waals surface area contributed by atoms with Crippen molar-refractivity contribution >= 4 is 11.6 Å². The smallest absolute Gasteiger partial charge is 0.243 e. The van der Waals surface area contributed by atoms with Gasteiger partial charge < -0.3 is 15.8 Å². The van der Waals surface area contributed by atoms with Crippen molar-refractivity contribution in [2.45, 2.75) is 38.1 Å². The summed E-state index contributed by atoms with van der Waals surface area (Å²) in [5.41, 5.74) is 6.00. The van der Waals surface area contributed by atoms with E-state index < -0.39 is 5.54 Å². The summed E-state index contributed by atoms with van der Waals surface area (Å²) in [5.74, 6) is 0.872. The molecule has 0 aliphatic heterocycles. The van der Waals surface area contributed by atoms with Crippen LogP contribution in [0.15, 0.2) is 24.3 Å². The number of hydrogen-bond donors (Lipinski definition) is 2. The lowest BCUT2D eigenvalue weighted by Crippen LogP contribution is -2.53. The van der Waals surface area contributed by atoms with E-state index in [1.807, 2.05) is 24.3 Å². The number of amides is 1. The molecule has 4 nitrogen and oxygen atoms in total. The van der Waals surface area contributed by atoms with Gasteiger partial charge in [-0.25, -0.2) is 0 Å². The molecular formula is C15H22N2O2. The monoisotopic (exact) mass is 262 g/mol. The van der Waals surface area contributed by atoms with E-state index in [2.05, 4.69) is 12.2 Å². The normalized spacial score (nSPS) is 26.1. The number of methoxy groups -OCH3 is 1. The Morgan fingerprint density at radius 1 is 1.47 bits per heavy atom. The molecule has 2 atom stereocenters. The van der Waals surface area contributed by atoms with Crippen molar-refractivity contribution in [2.75, 3.05) is 12.4 Å². The molecule has 1 amide bonds. The van der Waals surface area contributed by atoms with Gasteiger partial charge in [0, 0.05) is 5.69 Å². The highest BCUT2D eigenvalue weighted by molar-refractivity contribution is 5.88. The van der Waals surface area contributed by atoms with Crippen LogP contribution in [0.2, 0.25) is 0 Å². The van der Waals surface area contributed by atoms with E-state index in [9.17, 15) is 4.79 Å². The molecule has 0 aromatic heterocycles. The lowest BCUT2D eigenvalue weighted by atomic mass is 9.84. The summed E-state index contributed by atoms with van der Waals surface area (Å²) in [6.07, 6.45) is 3.88. The number of primary amides is 1. The summed E-state index contributed by atoms with van der Waals surface area (Å²) in [5, 5.41) is 3.38. The van der Waals surface area contributed by atoms with Crippen molar-refractivity contribution in [3.63, 3.8) is 0 Å². The zero-order valence-electron chi connectivity index (χ0n) is 11.6. The fourth-order valence-corrected chi connectivity index (χ4v) is 3.11. The van der Waals surface area contributed by atoms with Crippen LogP contribution in [-0.2, 0) is 4.79 Å². The summed E-state index contributed by atoms with van der Waals surface area (Å²) in [6, 6.07) is 7.61. The molecule has 19 heavy (non-hydrogen) atoms. The Balaban J connectivity index is 2.23. The average molecular weight is 262 g/mol. The molecule has 1 saturated carbocycles. The number of nitrogens with one attached hydrogen (secondary N) is 1. The lowest BCUT2D eigenvalue weighted by molar-refractivity contribution is -0.123. The maximum atomic E-state index is 12.0. The van der Waals surface area contributed by atoms with Crippen LogP contribution in [0.1, 0.15) is 32.6 Å². The highest BCUT2D eigenvalue weighted by Gasteiger charge is 2.46. The van der Waals surface area contributed by atoms with Gasteiger partial charge in [-0.1, -0.05) is 19.8 Å². The molecule has 1 fully saturated rings. The zero-order chi connectivity index (χ0) is 13.9. The maximum Gasteiger partial charge on any atom is 0.243 e. The third kappa shape index (κ3) is 2.53. The Morgan fingerprint density at radius 3 is 2.68 bits per heavy atom. The quantitative estimate of drug-likeness (QED) is 0.857. The molecule has 4 heteroatoms. The third-order valence-corrected chi connectivity index (χ3v) is 4.21. The second-order valence-electron chi connectivity index (χ2n) is 5.19. The van der Waals surface area contributed by atoms with Gasteiger partial charge in [0.25, 0.3) is 0 Å². The predicted molar refractivity (Wildman–Crippen MR) is 76.2 cm³/mol. The Hall–Kier alpha value is -1.71.